The van der Waals surface area contributed by atoms with Gasteiger partial charge in [0.15, 0.2) is 0 Å². The summed E-state index contributed by atoms with van der Waals surface area (Å²) in [5.41, 5.74) is 6.36. The Morgan fingerprint density at radius 3 is 2.68 bits per heavy atom. The van der Waals surface area contributed by atoms with Crippen molar-refractivity contribution in [3.63, 3.8) is 0 Å². The number of thiophene rings is 1. The number of amides is 2. The van der Waals surface area contributed by atoms with E-state index in [4.69, 9.17) is 10.5 Å². The molecule has 0 bridgehead atoms. The predicted octanol–water partition coefficient (Wildman–Crippen LogP) is 1.84. The molecular formula is C15H17N3O3S. The van der Waals surface area contributed by atoms with E-state index in [1.807, 2.05) is 17.5 Å². The Labute approximate surface area is 132 Å². The van der Waals surface area contributed by atoms with E-state index in [1.54, 1.807) is 18.2 Å². The van der Waals surface area contributed by atoms with Gasteiger partial charge in [0.2, 0.25) is 11.8 Å². The van der Waals surface area contributed by atoms with E-state index in [1.165, 1.54) is 18.4 Å². The molecule has 0 aliphatic carbocycles. The predicted molar refractivity (Wildman–Crippen MR) is 87.3 cm³/mol. The minimum absolute atomic E-state index is 0.0956. The fraction of sp³-hybridized carbons (Fsp3) is 0.200. The number of nitrogens with two attached hydrogens (primary N) is 1. The van der Waals surface area contributed by atoms with Gasteiger partial charge in [-0.3, -0.25) is 9.59 Å². The van der Waals surface area contributed by atoms with Crippen LogP contribution >= 0.6 is 11.3 Å². The molecule has 6 nitrogen and oxygen atoms in total. The summed E-state index contributed by atoms with van der Waals surface area (Å²) in [4.78, 5) is 24.3. The standard InChI is InChI=1S/C15H17N3O3S/c1-21-13-7-10(17-15(20)9-16)4-5-12(13)18-14(19)8-11-3-2-6-22-11/h2-7H,8-9,16H2,1H3,(H,17,20)(H,18,19). The summed E-state index contributed by atoms with van der Waals surface area (Å²) in [5.74, 6) is 0.0466. The van der Waals surface area contributed by atoms with Crippen molar-refractivity contribution >= 4 is 34.5 Å². The van der Waals surface area contributed by atoms with Gasteiger partial charge in [-0.2, -0.15) is 0 Å². The molecule has 0 unspecified atom stereocenters. The maximum absolute atomic E-state index is 12.0. The molecule has 2 rings (SSSR count). The smallest absolute Gasteiger partial charge is 0.238 e. The van der Waals surface area contributed by atoms with Crippen LogP contribution in [0.15, 0.2) is 35.7 Å². The van der Waals surface area contributed by atoms with Gasteiger partial charge in [0.25, 0.3) is 0 Å². The molecule has 0 fully saturated rings. The molecule has 0 saturated carbocycles. The Balaban J connectivity index is 2.06. The van der Waals surface area contributed by atoms with Crippen molar-refractivity contribution in [2.45, 2.75) is 6.42 Å². The third-order valence-electron chi connectivity index (χ3n) is 2.86. The molecule has 0 aliphatic heterocycles. The van der Waals surface area contributed by atoms with Gasteiger partial charge in [-0.25, -0.2) is 0 Å². The first-order chi connectivity index (χ1) is 10.6. The summed E-state index contributed by atoms with van der Waals surface area (Å²) in [6, 6.07) is 8.80. The summed E-state index contributed by atoms with van der Waals surface area (Å²) in [5, 5.41) is 7.36. The van der Waals surface area contributed by atoms with Crippen molar-refractivity contribution in [1.82, 2.24) is 0 Å². The van der Waals surface area contributed by atoms with Gasteiger partial charge in [0.1, 0.15) is 5.75 Å². The lowest BCUT2D eigenvalue weighted by Crippen LogP contribution is -2.22. The zero-order chi connectivity index (χ0) is 15.9. The molecule has 1 heterocycles. The topological polar surface area (TPSA) is 93.4 Å². The fourth-order valence-electron chi connectivity index (χ4n) is 1.85. The highest BCUT2D eigenvalue weighted by molar-refractivity contribution is 7.10. The Bertz CT molecular complexity index is 656. The number of benzene rings is 1. The summed E-state index contributed by atoms with van der Waals surface area (Å²) in [7, 11) is 1.50. The monoisotopic (exact) mass is 319 g/mol. The fourth-order valence-corrected chi connectivity index (χ4v) is 2.55. The third-order valence-corrected chi connectivity index (χ3v) is 3.74. The van der Waals surface area contributed by atoms with Gasteiger partial charge >= 0.3 is 0 Å². The minimum atomic E-state index is -0.295. The number of ether oxygens (including phenoxy) is 1. The number of carbonyl (C=O) groups is 2. The maximum Gasteiger partial charge on any atom is 0.238 e. The second-order valence-electron chi connectivity index (χ2n) is 4.47. The normalized spacial score (nSPS) is 10.1. The van der Waals surface area contributed by atoms with E-state index in [0.717, 1.165) is 4.88 Å². The molecular weight excluding hydrogens is 302 g/mol. The average Bonchev–Trinajstić information content (AvgIpc) is 3.01. The molecule has 0 atom stereocenters. The van der Waals surface area contributed by atoms with Crippen molar-refractivity contribution in [1.29, 1.82) is 0 Å². The maximum atomic E-state index is 12.0. The van der Waals surface area contributed by atoms with Crippen LogP contribution in [0, 0.1) is 0 Å². The van der Waals surface area contributed by atoms with Gasteiger partial charge in [0.05, 0.1) is 25.8 Å². The van der Waals surface area contributed by atoms with Crippen LogP contribution in [0.4, 0.5) is 11.4 Å². The zero-order valence-corrected chi connectivity index (χ0v) is 12.9. The van der Waals surface area contributed by atoms with Crippen molar-refractivity contribution in [2.24, 2.45) is 5.73 Å². The van der Waals surface area contributed by atoms with Crippen LogP contribution in [0.2, 0.25) is 0 Å². The van der Waals surface area contributed by atoms with E-state index in [2.05, 4.69) is 10.6 Å². The Hall–Kier alpha value is -2.38. The molecule has 22 heavy (non-hydrogen) atoms. The quantitative estimate of drug-likeness (QED) is 0.757. The van der Waals surface area contributed by atoms with Crippen LogP contribution < -0.4 is 21.1 Å². The van der Waals surface area contributed by atoms with Crippen LogP contribution in [0.5, 0.6) is 5.75 Å². The molecule has 4 N–H and O–H groups in total. The van der Waals surface area contributed by atoms with E-state index in [-0.39, 0.29) is 18.4 Å². The van der Waals surface area contributed by atoms with E-state index in [0.29, 0.717) is 23.5 Å². The summed E-state index contributed by atoms with van der Waals surface area (Å²) < 4.78 is 5.24. The first kappa shape index (κ1) is 16.0. The number of hydrogen-bond acceptors (Lipinski definition) is 5. The van der Waals surface area contributed by atoms with Crippen molar-refractivity contribution in [2.75, 3.05) is 24.3 Å². The average molecular weight is 319 g/mol. The Kier molecular flexibility index (Phi) is 5.51. The van der Waals surface area contributed by atoms with E-state index >= 15 is 0 Å². The molecule has 0 aliphatic rings. The van der Waals surface area contributed by atoms with Crippen LogP contribution in [0.25, 0.3) is 0 Å². The van der Waals surface area contributed by atoms with Crippen LogP contribution in [-0.2, 0) is 16.0 Å². The molecule has 1 aromatic heterocycles. The summed E-state index contributed by atoms with van der Waals surface area (Å²) in [6.07, 6.45) is 0.312. The molecule has 1 aromatic carbocycles. The lowest BCUT2D eigenvalue weighted by molar-refractivity contribution is -0.116. The first-order valence-corrected chi connectivity index (χ1v) is 7.50. The van der Waals surface area contributed by atoms with Crippen LogP contribution in [0.3, 0.4) is 0 Å². The molecule has 0 saturated heterocycles. The lowest BCUT2D eigenvalue weighted by Gasteiger charge is -2.12. The number of carbonyl (C=O) groups excluding carboxylic acids is 2. The van der Waals surface area contributed by atoms with E-state index in [9.17, 15) is 9.59 Å². The highest BCUT2D eigenvalue weighted by Gasteiger charge is 2.10. The first-order valence-electron chi connectivity index (χ1n) is 6.62. The lowest BCUT2D eigenvalue weighted by atomic mass is 10.2. The number of rotatable bonds is 6. The van der Waals surface area contributed by atoms with Gasteiger partial charge in [-0.05, 0) is 23.6 Å². The van der Waals surface area contributed by atoms with Gasteiger partial charge in [0, 0.05) is 16.6 Å². The minimum Gasteiger partial charge on any atom is -0.494 e. The van der Waals surface area contributed by atoms with E-state index < -0.39 is 0 Å². The van der Waals surface area contributed by atoms with Crippen molar-refractivity contribution < 1.29 is 14.3 Å². The summed E-state index contributed by atoms with van der Waals surface area (Å²) >= 11 is 1.53. The van der Waals surface area contributed by atoms with Crippen molar-refractivity contribution in [3.8, 4) is 5.75 Å². The second kappa shape index (κ2) is 7.58. The number of nitrogens with one attached hydrogen (secondary N) is 2. The third kappa shape index (κ3) is 4.31. The highest BCUT2D eigenvalue weighted by Crippen LogP contribution is 2.28. The number of hydrogen-bond donors (Lipinski definition) is 3. The molecule has 0 spiro atoms. The highest BCUT2D eigenvalue weighted by atomic mass is 32.1. The zero-order valence-electron chi connectivity index (χ0n) is 12.1. The molecule has 2 amide bonds. The van der Waals surface area contributed by atoms with Crippen molar-refractivity contribution in [3.05, 3.63) is 40.6 Å². The van der Waals surface area contributed by atoms with Gasteiger partial charge in [-0.1, -0.05) is 6.07 Å². The SMILES string of the molecule is COc1cc(NC(=O)CN)ccc1NC(=O)Cc1cccs1. The van der Waals surface area contributed by atoms with Crippen LogP contribution in [0.1, 0.15) is 4.88 Å². The summed E-state index contributed by atoms with van der Waals surface area (Å²) in [6.45, 7) is -0.0956. The Morgan fingerprint density at radius 2 is 2.05 bits per heavy atom. The number of anilines is 2. The van der Waals surface area contributed by atoms with Gasteiger partial charge < -0.3 is 21.1 Å². The second-order valence-corrected chi connectivity index (χ2v) is 5.50. The molecule has 0 radical (unpaired) electrons. The molecule has 7 heteroatoms. The van der Waals surface area contributed by atoms with Crippen LogP contribution in [-0.4, -0.2) is 25.5 Å². The van der Waals surface area contributed by atoms with Gasteiger partial charge in [-0.15, -0.1) is 11.3 Å². The molecule has 2 aromatic rings. The Morgan fingerprint density at radius 1 is 1.23 bits per heavy atom. The largest absolute Gasteiger partial charge is 0.494 e. The molecule has 116 valence electrons. The number of methoxy groups -OCH3 is 1.